The van der Waals surface area contributed by atoms with Gasteiger partial charge in [-0.2, -0.15) is 4.98 Å². The molecule has 6 heteroatoms. The molecule has 2 aromatic heterocycles. The monoisotopic (exact) mass is 325 g/mol. The van der Waals surface area contributed by atoms with E-state index in [4.69, 9.17) is 11.6 Å². The number of aromatic nitrogens is 3. The minimum absolute atomic E-state index is 0.514. The smallest absolute Gasteiger partial charge is 0.225 e. The number of benzene rings is 1. The van der Waals surface area contributed by atoms with Crippen LogP contribution in [0.15, 0.2) is 48.7 Å². The second-order valence-corrected chi connectivity index (χ2v) is 5.39. The van der Waals surface area contributed by atoms with Gasteiger partial charge in [0.15, 0.2) is 0 Å². The van der Waals surface area contributed by atoms with Crippen molar-refractivity contribution in [2.75, 3.05) is 17.7 Å². The van der Waals surface area contributed by atoms with Gasteiger partial charge < -0.3 is 10.6 Å². The van der Waals surface area contributed by atoms with E-state index in [0.717, 1.165) is 22.6 Å². The first-order valence-corrected chi connectivity index (χ1v) is 7.55. The quantitative estimate of drug-likeness (QED) is 0.749. The third kappa shape index (κ3) is 3.40. The molecule has 0 radical (unpaired) electrons. The van der Waals surface area contributed by atoms with Crippen molar-refractivity contribution in [1.29, 1.82) is 0 Å². The predicted octanol–water partition coefficient (Wildman–Crippen LogP) is 4.29. The summed E-state index contributed by atoms with van der Waals surface area (Å²) in [5, 5.41) is 6.89. The lowest BCUT2D eigenvalue weighted by Gasteiger charge is -2.12. The maximum atomic E-state index is 6.28. The molecule has 0 aliphatic heterocycles. The minimum atomic E-state index is 0.514. The van der Waals surface area contributed by atoms with Crippen LogP contribution in [0.4, 0.5) is 17.5 Å². The van der Waals surface area contributed by atoms with Crippen LogP contribution in [0.2, 0.25) is 5.02 Å². The highest BCUT2D eigenvalue weighted by Gasteiger charge is 2.09. The van der Waals surface area contributed by atoms with E-state index in [1.54, 1.807) is 13.2 Å². The van der Waals surface area contributed by atoms with Gasteiger partial charge in [-0.3, -0.25) is 4.98 Å². The second kappa shape index (κ2) is 6.62. The maximum Gasteiger partial charge on any atom is 0.225 e. The highest BCUT2D eigenvalue weighted by atomic mass is 35.5. The largest absolute Gasteiger partial charge is 0.357 e. The van der Waals surface area contributed by atoms with Crippen LogP contribution in [-0.4, -0.2) is 22.0 Å². The Bertz CT molecular complexity index is 800. The predicted molar refractivity (Wildman–Crippen MR) is 94.3 cm³/mol. The number of hydrogen-bond acceptors (Lipinski definition) is 5. The van der Waals surface area contributed by atoms with Crippen LogP contribution in [0.1, 0.15) is 5.56 Å². The van der Waals surface area contributed by atoms with Crippen LogP contribution in [0, 0.1) is 6.92 Å². The molecule has 0 aliphatic rings. The van der Waals surface area contributed by atoms with Crippen LogP contribution < -0.4 is 10.6 Å². The number of anilines is 3. The molecule has 3 aromatic rings. The molecular weight excluding hydrogens is 310 g/mol. The number of halogens is 1. The molecule has 0 unspecified atom stereocenters. The van der Waals surface area contributed by atoms with E-state index in [9.17, 15) is 0 Å². The molecule has 1 aromatic carbocycles. The summed E-state index contributed by atoms with van der Waals surface area (Å²) < 4.78 is 0. The van der Waals surface area contributed by atoms with Gasteiger partial charge in [0.1, 0.15) is 5.82 Å². The average molecular weight is 326 g/mol. The molecule has 0 fully saturated rings. The number of hydrogen-bond donors (Lipinski definition) is 2. The standard InChI is InChI=1S/C17H16ClN5/c1-11-6-5-7-12(18)16(11)22-15-10-14(21-17(19-2)23-15)13-8-3-4-9-20-13/h3-10H,1-2H3,(H2,19,21,22,23). The second-order valence-electron chi connectivity index (χ2n) is 4.98. The molecule has 3 rings (SSSR count). The summed E-state index contributed by atoms with van der Waals surface area (Å²) in [6.45, 7) is 1.99. The van der Waals surface area contributed by atoms with E-state index in [2.05, 4.69) is 25.6 Å². The Morgan fingerprint density at radius 3 is 2.57 bits per heavy atom. The van der Waals surface area contributed by atoms with Gasteiger partial charge in [-0.05, 0) is 30.7 Å². The number of aryl methyl sites for hydroxylation is 1. The van der Waals surface area contributed by atoms with Gasteiger partial charge >= 0.3 is 0 Å². The molecule has 2 heterocycles. The van der Waals surface area contributed by atoms with Gasteiger partial charge in [0.05, 0.1) is 22.1 Å². The molecule has 0 aliphatic carbocycles. The first-order chi connectivity index (χ1) is 11.2. The van der Waals surface area contributed by atoms with Crippen molar-refractivity contribution < 1.29 is 0 Å². The van der Waals surface area contributed by atoms with Crippen LogP contribution in [0.5, 0.6) is 0 Å². The molecule has 0 amide bonds. The van der Waals surface area contributed by atoms with Gasteiger partial charge in [-0.1, -0.05) is 29.8 Å². The van der Waals surface area contributed by atoms with Crippen molar-refractivity contribution in [1.82, 2.24) is 15.0 Å². The molecule has 0 spiro atoms. The molecule has 5 nitrogen and oxygen atoms in total. The van der Waals surface area contributed by atoms with E-state index in [-0.39, 0.29) is 0 Å². The molecule has 0 saturated heterocycles. The third-order valence-electron chi connectivity index (χ3n) is 3.35. The molecule has 0 saturated carbocycles. The highest BCUT2D eigenvalue weighted by molar-refractivity contribution is 6.33. The van der Waals surface area contributed by atoms with Gasteiger partial charge in [0.25, 0.3) is 0 Å². The number of para-hydroxylation sites is 1. The zero-order valence-electron chi connectivity index (χ0n) is 12.8. The van der Waals surface area contributed by atoms with Gasteiger partial charge in [0, 0.05) is 19.3 Å². The Morgan fingerprint density at radius 2 is 1.87 bits per heavy atom. The number of nitrogens with zero attached hydrogens (tertiary/aromatic N) is 3. The first kappa shape index (κ1) is 15.2. The van der Waals surface area contributed by atoms with Gasteiger partial charge in [0.2, 0.25) is 5.95 Å². The fraction of sp³-hybridized carbons (Fsp3) is 0.118. The zero-order chi connectivity index (χ0) is 16.2. The van der Waals surface area contributed by atoms with E-state index in [1.807, 2.05) is 49.4 Å². The van der Waals surface area contributed by atoms with Gasteiger partial charge in [-0.15, -0.1) is 0 Å². The Hall–Kier alpha value is -2.66. The minimum Gasteiger partial charge on any atom is -0.357 e. The molecule has 2 N–H and O–H groups in total. The molecule has 23 heavy (non-hydrogen) atoms. The SMILES string of the molecule is CNc1nc(Nc2c(C)cccc2Cl)cc(-c2ccccn2)n1. The summed E-state index contributed by atoms with van der Waals surface area (Å²) in [5.74, 6) is 1.17. The Kier molecular flexibility index (Phi) is 4.39. The normalized spacial score (nSPS) is 10.4. The fourth-order valence-electron chi connectivity index (χ4n) is 2.19. The third-order valence-corrected chi connectivity index (χ3v) is 3.67. The molecule has 0 atom stereocenters. The Labute approximate surface area is 139 Å². The number of nitrogens with one attached hydrogen (secondary N) is 2. The molecular formula is C17H16ClN5. The van der Waals surface area contributed by atoms with Crippen LogP contribution in [-0.2, 0) is 0 Å². The molecule has 116 valence electrons. The van der Waals surface area contributed by atoms with Crippen LogP contribution in [0.3, 0.4) is 0 Å². The molecule has 0 bridgehead atoms. The lowest BCUT2D eigenvalue weighted by atomic mass is 10.2. The van der Waals surface area contributed by atoms with Crippen molar-refractivity contribution >= 4 is 29.1 Å². The topological polar surface area (TPSA) is 62.7 Å². The summed E-state index contributed by atoms with van der Waals surface area (Å²) in [6.07, 6.45) is 1.74. The van der Waals surface area contributed by atoms with E-state index < -0.39 is 0 Å². The van der Waals surface area contributed by atoms with Crippen LogP contribution >= 0.6 is 11.6 Å². The Balaban J connectivity index is 2.03. The van der Waals surface area contributed by atoms with Crippen molar-refractivity contribution in [2.24, 2.45) is 0 Å². The maximum absolute atomic E-state index is 6.28. The van der Waals surface area contributed by atoms with Crippen molar-refractivity contribution in [3.63, 3.8) is 0 Å². The summed E-state index contributed by atoms with van der Waals surface area (Å²) in [7, 11) is 1.78. The van der Waals surface area contributed by atoms with Crippen LogP contribution in [0.25, 0.3) is 11.4 Å². The number of pyridine rings is 1. The van der Waals surface area contributed by atoms with E-state index in [0.29, 0.717) is 16.8 Å². The van der Waals surface area contributed by atoms with E-state index >= 15 is 0 Å². The zero-order valence-corrected chi connectivity index (χ0v) is 13.6. The number of rotatable bonds is 4. The highest BCUT2D eigenvalue weighted by Crippen LogP contribution is 2.29. The summed E-state index contributed by atoms with van der Waals surface area (Å²) >= 11 is 6.28. The summed E-state index contributed by atoms with van der Waals surface area (Å²) in [5.41, 5.74) is 3.39. The Morgan fingerprint density at radius 1 is 1.00 bits per heavy atom. The average Bonchev–Trinajstić information content (AvgIpc) is 2.59. The van der Waals surface area contributed by atoms with Crippen molar-refractivity contribution in [3.8, 4) is 11.4 Å². The summed E-state index contributed by atoms with van der Waals surface area (Å²) in [4.78, 5) is 13.2. The first-order valence-electron chi connectivity index (χ1n) is 7.18. The lowest BCUT2D eigenvalue weighted by molar-refractivity contribution is 1.14. The van der Waals surface area contributed by atoms with Gasteiger partial charge in [-0.25, -0.2) is 4.98 Å². The summed E-state index contributed by atoms with van der Waals surface area (Å²) in [6, 6.07) is 13.3. The lowest BCUT2D eigenvalue weighted by Crippen LogP contribution is -2.03. The fourth-order valence-corrected chi connectivity index (χ4v) is 2.46. The van der Waals surface area contributed by atoms with Crippen molar-refractivity contribution in [2.45, 2.75) is 6.92 Å². The van der Waals surface area contributed by atoms with E-state index in [1.165, 1.54) is 0 Å². The van der Waals surface area contributed by atoms with Crippen molar-refractivity contribution in [3.05, 3.63) is 59.2 Å².